The molecule has 0 unspecified atom stereocenters. The Labute approximate surface area is 146 Å². The van der Waals surface area contributed by atoms with Crippen LogP contribution in [0.15, 0.2) is 24.3 Å². The standard InChI is InChI=1S/C18H24FN3O3/c1-20-17(24)16(13-5-2-3-6-14(13)19)22-9-4-7-15(22)18(25)21-10-8-12(23)11-21/h2-3,5-6,12,15-16,23H,4,7-11H2,1H3,(H,20,24)/t12-,15+,16-/m1/s1. The van der Waals surface area contributed by atoms with Crippen LogP contribution in [0, 0.1) is 5.82 Å². The molecule has 1 aromatic rings. The Bertz CT molecular complexity index is 654. The number of nitrogens with zero attached hydrogens (tertiary/aromatic N) is 2. The Kier molecular flexibility index (Phi) is 5.34. The first-order chi connectivity index (χ1) is 12.0. The fourth-order valence-corrected chi connectivity index (χ4v) is 3.82. The van der Waals surface area contributed by atoms with Crippen LogP contribution in [0.25, 0.3) is 0 Å². The highest BCUT2D eigenvalue weighted by molar-refractivity contribution is 5.86. The molecule has 2 aliphatic rings. The Morgan fingerprint density at radius 1 is 1.28 bits per heavy atom. The maximum atomic E-state index is 14.3. The summed E-state index contributed by atoms with van der Waals surface area (Å²) in [4.78, 5) is 28.8. The quantitative estimate of drug-likeness (QED) is 0.838. The summed E-state index contributed by atoms with van der Waals surface area (Å²) in [6.45, 7) is 1.40. The van der Waals surface area contributed by atoms with E-state index in [0.29, 0.717) is 32.5 Å². The van der Waals surface area contributed by atoms with Crippen LogP contribution in [0.3, 0.4) is 0 Å². The number of hydrogen-bond acceptors (Lipinski definition) is 4. The van der Waals surface area contributed by atoms with Crippen molar-refractivity contribution in [2.75, 3.05) is 26.7 Å². The zero-order valence-electron chi connectivity index (χ0n) is 14.3. The van der Waals surface area contributed by atoms with Crippen molar-refractivity contribution in [1.29, 1.82) is 0 Å². The molecular formula is C18H24FN3O3. The minimum atomic E-state index is -0.838. The van der Waals surface area contributed by atoms with Gasteiger partial charge in [0.2, 0.25) is 11.8 Å². The Balaban J connectivity index is 1.88. The molecule has 0 bridgehead atoms. The summed E-state index contributed by atoms with van der Waals surface area (Å²) in [7, 11) is 1.51. The van der Waals surface area contributed by atoms with Gasteiger partial charge in [-0.05, 0) is 25.3 Å². The number of halogens is 1. The van der Waals surface area contributed by atoms with Gasteiger partial charge in [-0.25, -0.2) is 4.39 Å². The van der Waals surface area contributed by atoms with Crippen LogP contribution in [0.4, 0.5) is 4.39 Å². The Morgan fingerprint density at radius 2 is 2.04 bits per heavy atom. The third kappa shape index (κ3) is 3.52. The van der Waals surface area contributed by atoms with Crippen LogP contribution in [0.2, 0.25) is 0 Å². The number of rotatable bonds is 4. The summed E-state index contributed by atoms with van der Waals surface area (Å²) in [5.41, 5.74) is 0.281. The van der Waals surface area contributed by atoms with Crippen molar-refractivity contribution < 1.29 is 19.1 Å². The molecule has 0 aromatic heterocycles. The van der Waals surface area contributed by atoms with Gasteiger partial charge in [-0.15, -0.1) is 0 Å². The number of aliphatic hydroxyl groups excluding tert-OH is 1. The number of nitrogens with one attached hydrogen (secondary N) is 1. The van der Waals surface area contributed by atoms with Crippen LogP contribution in [0.1, 0.15) is 30.9 Å². The number of hydrogen-bond donors (Lipinski definition) is 2. The normalized spacial score (nSPS) is 25.2. The van der Waals surface area contributed by atoms with E-state index in [0.717, 1.165) is 6.42 Å². The maximum absolute atomic E-state index is 14.3. The fourth-order valence-electron chi connectivity index (χ4n) is 3.82. The van der Waals surface area contributed by atoms with Crippen molar-refractivity contribution in [3.63, 3.8) is 0 Å². The van der Waals surface area contributed by atoms with Gasteiger partial charge < -0.3 is 15.3 Å². The molecule has 0 aliphatic carbocycles. The van der Waals surface area contributed by atoms with Gasteiger partial charge in [0, 0.05) is 32.2 Å². The molecule has 3 atom stereocenters. The smallest absolute Gasteiger partial charge is 0.241 e. The molecule has 2 saturated heterocycles. The van der Waals surface area contributed by atoms with Crippen molar-refractivity contribution in [3.05, 3.63) is 35.6 Å². The molecule has 2 heterocycles. The molecule has 1 aromatic carbocycles. The number of likely N-dealkylation sites (tertiary alicyclic amines) is 2. The number of β-amino-alcohol motifs (C(OH)–C–C–N with tert-alkyl or cyclic N) is 1. The maximum Gasteiger partial charge on any atom is 0.241 e. The van der Waals surface area contributed by atoms with E-state index in [1.807, 2.05) is 0 Å². The van der Waals surface area contributed by atoms with Crippen molar-refractivity contribution >= 4 is 11.8 Å². The largest absolute Gasteiger partial charge is 0.391 e. The van der Waals surface area contributed by atoms with Gasteiger partial charge >= 0.3 is 0 Å². The van der Waals surface area contributed by atoms with E-state index >= 15 is 0 Å². The van der Waals surface area contributed by atoms with Gasteiger partial charge in [0.05, 0.1) is 12.1 Å². The van der Waals surface area contributed by atoms with Gasteiger partial charge in [0.1, 0.15) is 11.9 Å². The molecular weight excluding hydrogens is 325 g/mol. The molecule has 0 spiro atoms. The molecule has 2 N–H and O–H groups in total. The van der Waals surface area contributed by atoms with Crippen LogP contribution < -0.4 is 5.32 Å². The minimum absolute atomic E-state index is 0.0840. The highest BCUT2D eigenvalue weighted by Crippen LogP contribution is 2.32. The second-order valence-corrected chi connectivity index (χ2v) is 6.66. The molecule has 25 heavy (non-hydrogen) atoms. The topological polar surface area (TPSA) is 72.9 Å². The first kappa shape index (κ1) is 17.8. The number of likely N-dealkylation sites (N-methyl/N-ethyl adjacent to an activating group) is 1. The van der Waals surface area contributed by atoms with Crippen LogP contribution in [0.5, 0.6) is 0 Å². The average molecular weight is 349 g/mol. The molecule has 0 saturated carbocycles. The summed E-state index contributed by atoms with van der Waals surface area (Å²) in [5.74, 6) is -0.864. The van der Waals surface area contributed by atoms with Crippen LogP contribution in [-0.2, 0) is 9.59 Å². The van der Waals surface area contributed by atoms with Crippen molar-refractivity contribution in [3.8, 4) is 0 Å². The predicted molar refractivity (Wildman–Crippen MR) is 90.1 cm³/mol. The molecule has 6 nitrogen and oxygen atoms in total. The van der Waals surface area contributed by atoms with Crippen molar-refractivity contribution in [2.45, 2.75) is 37.5 Å². The highest BCUT2D eigenvalue weighted by atomic mass is 19.1. The summed E-state index contributed by atoms with van der Waals surface area (Å²) in [6, 6.07) is 4.89. The lowest BCUT2D eigenvalue weighted by Gasteiger charge is -2.33. The Morgan fingerprint density at radius 3 is 2.68 bits per heavy atom. The van der Waals surface area contributed by atoms with Gasteiger partial charge in [-0.1, -0.05) is 18.2 Å². The monoisotopic (exact) mass is 349 g/mol. The third-order valence-electron chi connectivity index (χ3n) is 5.08. The first-order valence-corrected chi connectivity index (χ1v) is 8.71. The first-order valence-electron chi connectivity index (χ1n) is 8.71. The second-order valence-electron chi connectivity index (χ2n) is 6.66. The zero-order chi connectivity index (χ0) is 18.0. The molecule has 136 valence electrons. The van der Waals surface area contributed by atoms with E-state index in [1.54, 1.807) is 28.0 Å². The molecule has 3 rings (SSSR count). The minimum Gasteiger partial charge on any atom is -0.391 e. The zero-order valence-corrected chi connectivity index (χ0v) is 14.3. The van der Waals surface area contributed by atoms with Crippen molar-refractivity contribution in [2.24, 2.45) is 0 Å². The van der Waals surface area contributed by atoms with Crippen LogP contribution >= 0.6 is 0 Å². The van der Waals surface area contributed by atoms with E-state index in [-0.39, 0.29) is 17.4 Å². The second kappa shape index (κ2) is 7.49. The molecule has 0 radical (unpaired) electrons. The lowest BCUT2D eigenvalue weighted by molar-refractivity contribution is -0.138. The number of benzene rings is 1. The van der Waals surface area contributed by atoms with Gasteiger partial charge in [0.25, 0.3) is 0 Å². The van der Waals surface area contributed by atoms with Crippen LogP contribution in [-0.4, -0.2) is 65.5 Å². The number of aliphatic hydroxyl groups is 1. The van der Waals surface area contributed by atoms with E-state index in [4.69, 9.17) is 0 Å². The molecule has 2 aliphatic heterocycles. The lowest BCUT2D eigenvalue weighted by Crippen LogP contribution is -2.49. The fraction of sp³-hybridized carbons (Fsp3) is 0.556. The molecule has 2 fully saturated rings. The lowest BCUT2D eigenvalue weighted by atomic mass is 10.0. The average Bonchev–Trinajstić information content (AvgIpc) is 3.25. The van der Waals surface area contributed by atoms with Crippen molar-refractivity contribution in [1.82, 2.24) is 15.1 Å². The summed E-state index contributed by atoms with van der Waals surface area (Å²) in [5, 5.41) is 12.3. The predicted octanol–water partition coefficient (Wildman–Crippen LogP) is 0.670. The van der Waals surface area contributed by atoms with Gasteiger partial charge in [-0.3, -0.25) is 14.5 Å². The van der Waals surface area contributed by atoms with Gasteiger partial charge in [0.15, 0.2) is 0 Å². The third-order valence-corrected chi connectivity index (χ3v) is 5.08. The SMILES string of the molecule is CNC(=O)[C@@H](c1ccccc1F)N1CCC[C@H]1C(=O)N1CC[C@@H](O)C1. The van der Waals surface area contributed by atoms with E-state index < -0.39 is 24.0 Å². The highest BCUT2D eigenvalue weighted by Gasteiger charge is 2.42. The van der Waals surface area contributed by atoms with Gasteiger partial charge in [-0.2, -0.15) is 0 Å². The number of carbonyl (C=O) groups excluding carboxylic acids is 2. The summed E-state index contributed by atoms with van der Waals surface area (Å²) >= 11 is 0. The molecule has 2 amide bonds. The Hall–Kier alpha value is -1.99. The van der Waals surface area contributed by atoms with E-state index in [2.05, 4.69) is 5.32 Å². The van der Waals surface area contributed by atoms with E-state index in [9.17, 15) is 19.1 Å². The number of carbonyl (C=O) groups is 2. The summed E-state index contributed by atoms with van der Waals surface area (Å²) in [6.07, 6.45) is 1.49. The van der Waals surface area contributed by atoms with E-state index in [1.165, 1.54) is 13.1 Å². The molecule has 7 heteroatoms. The summed E-state index contributed by atoms with van der Waals surface area (Å²) < 4.78 is 14.3. The number of amides is 2.